The van der Waals surface area contributed by atoms with E-state index >= 15 is 0 Å². The number of hydroxylamine groups is 2. The van der Waals surface area contributed by atoms with Gasteiger partial charge in [-0.15, -0.1) is 5.06 Å². The molecule has 5 rings (SSSR count). The standard InChI is InChI=1S/C36H35N3O13S/c40-22-2-5-25-28(18-22)51-29-19-23(41)3-6-26(29)34(25)24-4-1-21(17-27(24)36(47)48)35(46)38-11-13-50-15-14-49-12-10-37-30(42)20-53-16-9-33(45)52-39-31(43)7-8-32(39)44/h1-6,17-19,40H,7-16,20H2,(H,37,42)(H,38,46)(H,47,48). The van der Waals surface area contributed by atoms with Crippen LogP contribution < -0.4 is 16.1 Å². The number of hydrogen-bond acceptors (Lipinski definition) is 13. The molecule has 0 atom stereocenters. The molecule has 0 unspecified atom stereocenters. The van der Waals surface area contributed by atoms with Gasteiger partial charge in [-0.05, 0) is 42.0 Å². The van der Waals surface area contributed by atoms with Crippen molar-refractivity contribution >= 4 is 58.3 Å². The molecule has 4 amide bonds. The molecule has 2 aliphatic heterocycles. The molecule has 0 radical (unpaired) electrons. The van der Waals surface area contributed by atoms with E-state index < -0.39 is 29.7 Å². The van der Waals surface area contributed by atoms with Crippen molar-refractivity contribution in [2.45, 2.75) is 19.3 Å². The summed E-state index contributed by atoms with van der Waals surface area (Å²) in [6.45, 7) is 1.24. The number of benzene rings is 3. The number of nitrogens with zero attached hydrogens (tertiary/aromatic N) is 1. The quantitative estimate of drug-likeness (QED) is 0.0652. The number of rotatable bonds is 18. The molecule has 3 aliphatic rings. The molecule has 2 heterocycles. The van der Waals surface area contributed by atoms with E-state index in [2.05, 4.69) is 10.6 Å². The van der Waals surface area contributed by atoms with Crippen LogP contribution in [0.1, 0.15) is 40.0 Å². The number of fused-ring (bicyclic) bond motifs is 2. The molecular formula is C36H35N3O13S. The lowest BCUT2D eigenvalue weighted by Crippen LogP contribution is -2.32. The highest BCUT2D eigenvalue weighted by Crippen LogP contribution is 2.42. The van der Waals surface area contributed by atoms with Crippen LogP contribution in [0.5, 0.6) is 5.75 Å². The van der Waals surface area contributed by atoms with E-state index in [1.807, 2.05) is 0 Å². The van der Waals surface area contributed by atoms with E-state index in [1.54, 1.807) is 12.1 Å². The van der Waals surface area contributed by atoms with Gasteiger partial charge >= 0.3 is 11.9 Å². The second kappa shape index (κ2) is 18.1. The predicted octanol–water partition coefficient (Wildman–Crippen LogP) is 2.58. The van der Waals surface area contributed by atoms with Gasteiger partial charge in [0, 0.05) is 65.9 Å². The van der Waals surface area contributed by atoms with E-state index in [1.165, 1.54) is 54.2 Å². The zero-order valence-corrected chi connectivity index (χ0v) is 29.0. The summed E-state index contributed by atoms with van der Waals surface area (Å²) in [6.07, 6.45) is -0.0343. The molecule has 17 heteroatoms. The van der Waals surface area contributed by atoms with E-state index in [0.29, 0.717) is 27.1 Å². The van der Waals surface area contributed by atoms with Gasteiger partial charge in [0.1, 0.15) is 17.1 Å². The first kappa shape index (κ1) is 38.5. The van der Waals surface area contributed by atoms with Crippen LogP contribution in [0.3, 0.4) is 0 Å². The Balaban J connectivity index is 0.996. The van der Waals surface area contributed by atoms with Crippen molar-refractivity contribution in [1.82, 2.24) is 15.7 Å². The molecule has 0 spiro atoms. The van der Waals surface area contributed by atoms with E-state index in [9.17, 15) is 43.8 Å². The number of carbonyl (C=O) groups excluding carboxylic acids is 5. The van der Waals surface area contributed by atoms with Crippen molar-refractivity contribution in [1.29, 1.82) is 0 Å². The number of imide groups is 1. The summed E-state index contributed by atoms with van der Waals surface area (Å²) in [7, 11) is 0. The maximum atomic E-state index is 12.9. The van der Waals surface area contributed by atoms with Crippen molar-refractivity contribution in [3.8, 4) is 28.2 Å². The highest BCUT2D eigenvalue weighted by molar-refractivity contribution is 7.99. The largest absolute Gasteiger partial charge is 0.508 e. The average Bonchev–Trinajstić information content (AvgIpc) is 3.44. The Bertz CT molecular complexity index is 2050. The monoisotopic (exact) mass is 749 g/mol. The number of phenolic OH excluding ortho intramolecular Hbond substituents is 1. The molecule has 1 saturated heterocycles. The van der Waals surface area contributed by atoms with Crippen LogP contribution >= 0.6 is 11.8 Å². The molecule has 53 heavy (non-hydrogen) atoms. The fourth-order valence-corrected chi connectivity index (χ4v) is 6.07. The minimum absolute atomic E-state index is 0.0163. The molecule has 1 aliphatic carbocycles. The Morgan fingerprint density at radius 3 is 2.25 bits per heavy atom. The summed E-state index contributed by atoms with van der Waals surface area (Å²) in [5.41, 5.74) is 1.14. The molecule has 0 saturated carbocycles. The fraction of sp³-hybridized carbons (Fsp3) is 0.306. The van der Waals surface area contributed by atoms with Crippen molar-refractivity contribution in [2.24, 2.45) is 0 Å². The van der Waals surface area contributed by atoms with Crippen molar-refractivity contribution < 1.29 is 57.7 Å². The van der Waals surface area contributed by atoms with E-state index in [0.717, 1.165) is 0 Å². The summed E-state index contributed by atoms with van der Waals surface area (Å²) >= 11 is 1.19. The SMILES string of the molecule is O=C(CSCCC(=O)ON1C(=O)CCC1=O)NCCOCCOCCNC(=O)c1ccc(-c2c3ccc(=O)cc-3oc3cc(O)ccc23)c(C(=O)O)c1. The summed E-state index contributed by atoms with van der Waals surface area (Å²) in [5, 5.41) is 26.5. The summed E-state index contributed by atoms with van der Waals surface area (Å²) in [4.78, 5) is 88.8. The number of carbonyl (C=O) groups is 6. The number of amides is 4. The molecule has 278 valence electrons. The first-order chi connectivity index (χ1) is 25.5. The molecule has 0 bridgehead atoms. The van der Waals surface area contributed by atoms with Crippen LogP contribution in [0, 0.1) is 0 Å². The van der Waals surface area contributed by atoms with Crippen molar-refractivity contribution in [3.05, 3.63) is 75.9 Å². The average molecular weight is 750 g/mol. The predicted molar refractivity (Wildman–Crippen MR) is 189 cm³/mol. The molecule has 2 aromatic carbocycles. The van der Waals surface area contributed by atoms with Crippen LogP contribution in [-0.2, 0) is 33.5 Å². The van der Waals surface area contributed by atoms with Crippen LogP contribution in [-0.4, -0.2) is 102 Å². The molecule has 16 nitrogen and oxygen atoms in total. The van der Waals surface area contributed by atoms with Gasteiger partial charge in [-0.1, -0.05) is 6.07 Å². The second-order valence-corrected chi connectivity index (χ2v) is 12.7. The van der Waals surface area contributed by atoms with Crippen LogP contribution in [0.4, 0.5) is 0 Å². The third-order valence-electron chi connectivity index (χ3n) is 7.81. The van der Waals surface area contributed by atoms with Crippen molar-refractivity contribution in [3.63, 3.8) is 0 Å². The zero-order chi connectivity index (χ0) is 37.9. The maximum absolute atomic E-state index is 12.9. The smallest absolute Gasteiger partial charge is 0.336 e. The number of aromatic carboxylic acids is 1. The second-order valence-electron chi connectivity index (χ2n) is 11.6. The molecule has 1 fully saturated rings. The fourth-order valence-electron chi connectivity index (χ4n) is 5.33. The van der Waals surface area contributed by atoms with Gasteiger partial charge in [-0.3, -0.25) is 24.0 Å². The first-order valence-corrected chi connectivity index (χ1v) is 17.6. The number of carboxylic acid groups (broad SMARTS) is 1. The van der Waals surface area contributed by atoms with Crippen LogP contribution in [0.25, 0.3) is 33.4 Å². The Kier molecular flexibility index (Phi) is 13.1. The highest BCUT2D eigenvalue weighted by atomic mass is 32.2. The topological polar surface area (TPSA) is 228 Å². The summed E-state index contributed by atoms with van der Waals surface area (Å²) in [5.74, 6) is -3.37. The Morgan fingerprint density at radius 1 is 0.830 bits per heavy atom. The Labute approximate surface area is 305 Å². The number of aromatic hydroxyl groups is 1. The minimum atomic E-state index is -1.27. The summed E-state index contributed by atoms with van der Waals surface area (Å²) in [6, 6.07) is 12.8. The van der Waals surface area contributed by atoms with Gasteiger partial charge in [0.2, 0.25) is 5.91 Å². The number of ether oxygens (including phenoxy) is 2. The lowest BCUT2D eigenvalue weighted by Gasteiger charge is -2.17. The maximum Gasteiger partial charge on any atom is 0.336 e. The number of phenols is 1. The first-order valence-electron chi connectivity index (χ1n) is 16.4. The Hall–Kier alpha value is -5.78. The zero-order valence-electron chi connectivity index (χ0n) is 28.2. The highest BCUT2D eigenvalue weighted by Gasteiger charge is 2.32. The minimum Gasteiger partial charge on any atom is -0.508 e. The number of carboxylic acids is 1. The van der Waals surface area contributed by atoms with Crippen LogP contribution in [0.15, 0.2) is 63.8 Å². The number of hydrogen-bond donors (Lipinski definition) is 4. The van der Waals surface area contributed by atoms with Gasteiger partial charge in [-0.25, -0.2) is 9.59 Å². The van der Waals surface area contributed by atoms with Gasteiger partial charge < -0.3 is 39.6 Å². The molecule has 2 aromatic rings. The van der Waals surface area contributed by atoms with Gasteiger partial charge in [-0.2, -0.15) is 11.8 Å². The number of thioether (sulfide) groups is 1. The van der Waals surface area contributed by atoms with E-state index in [-0.39, 0.29) is 110 Å². The third-order valence-corrected chi connectivity index (χ3v) is 8.77. The van der Waals surface area contributed by atoms with Crippen molar-refractivity contribution in [2.75, 3.05) is 51.0 Å². The van der Waals surface area contributed by atoms with Gasteiger partial charge in [0.25, 0.3) is 17.7 Å². The molecule has 0 aromatic heterocycles. The van der Waals surface area contributed by atoms with Gasteiger partial charge in [0.05, 0.1) is 44.2 Å². The van der Waals surface area contributed by atoms with Crippen LogP contribution in [0.2, 0.25) is 0 Å². The molecule has 4 N–H and O–H groups in total. The lowest BCUT2D eigenvalue weighted by atomic mass is 9.90. The normalized spacial score (nSPS) is 12.7. The number of nitrogens with one attached hydrogen (secondary N) is 2. The van der Waals surface area contributed by atoms with Gasteiger partial charge in [0.15, 0.2) is 5.43 Å². The summed E-state index contributed by atoms with van der Waals surface area (Å²) < 4.78 is 16.7. The third kappa shape index (κ3) is 10.2. The molecular weight excluding hydrogens is 714 g/mol. The lowest BCUT2D eigenvalue weighted by molar-refractivity contribution is -0.197. The Morgan fingerprint density at radius 2 is 1.53 bits per heavy atom. The van der Waals surface area contributed by atoms with E-state index in [4.69, 9.17) is 18.7 Å².